The zero-order chi connectivity index (χ0) is 14.0. The lowest BCUT2D eigenvalue weighted by Crippen LogP contribution is -2.31. The lowest BCUT2D eigenvalue weighted by atomic mass is 10.1. The van der Waals surface area contributed by atoms with Gasteiger partial charge in [0.15, 0.2) is 0 Å². The van der Waals surface area contributed by atoms with Crippen LogP contribution in [0.5, 0.6) is 0 Å². The van der Waals surface area contributed by atoms with Gasteiger partial charge in [-0.3, -0.25) is 4.79 Å². The molecule has 0 radical (unpaired) electrons. The van der Waals surface area contributed by atoms with Gasteiger partial charge < -0.3 is 15.4 Å². The fourth-order valence-corrected chi connectivity index (χ4v) is 2.06. The molecule has 1 aromatic heterocycles. The number of nitrogens with one attached hydrogen (secondary N) is 2. The minimum absolute atomic E-state index is 0.146. The van der Waals surface area contributed by atoms with Crippen LogP contribution in [0.2, 0.25) is 0 Å². The molecule has 1 heterocycles. The highest BCUT2D eigenvalue weighted by molar-refractivity contribution is 5.99. The first kappa shape index (κ1) is 13.6. The zero-order valence-corrected chi connectivity index (χ0v) is 11.6. The van der Waals surface area contributed by atoms with E-state index < -0.39 is 6.10 Å². The van der Waals surface area contributed by atoms with E-state index in [1.54, 1.807) is 6.07 Å². The molecule has 19 heavy (non-hydrogen) atoms. The number of aromatic amines is 1. The molecule has 4 heteroatoms. The van der Waals surface area contributed by atoms with Gasteiger partial charge in [-0.1, -0.05) is 6.92 Å². The first-order valence-corrected chi connectivity index (χ1v) is 6.58. The summed E-state index contributed by atoms with van der Waals surface area (Å²) in [5.74, 6) is -0.146. The number of H-pyrrole nitrogens is 1. The molecule has 2 aromatic rings. The number of hydrogen-bond donors (Lipinski definition) is 3. The van der Waals surface area contributed by atoms with Crippen LogP contribution in [0.15, 0.2) is 18.2 Å². The molecule has 0 saturated heterocycles. The van der Waals surface area contributed by atoms with Crippen molar-refractivity contribution in [1.82, 2.24) is 10.3 Å². The molecule has 0 spiro atoms. The molecule has 2 rings (SSSR count). The molecular formula is C15H20N2O2. The third kappa shape index (κ3) is 2.79. The Morgan fingerprint density at radius 1 is 1.42 bits per heavy atom. The lowest BCUT2D eigenvalue weighted by Gasteiger charge is -2.09. The van der Waals surface area contributed by atoms with Crippen molar-refractivity contribution in [2.24, 2.45) is 0 Å². The Hall–Kier alpha value is -1.81. The highest BCUT2D eigenvalue weighted by Crippen LogP contribution is 2.22. The summed E-state index contributed by atoms with van der Waals surface area (Å²) < 4.78 is 0. The predicted octanol–water partition coefficient (Wildman–Crippen LogP) is 2.29. The van der Waals surface area contributed by atoms with Crippen LogP contribution >= 0.6 is 0 Å². The first-order chi connectivity index (χ1) is 9.02. The van der Waals surface area contributed by atoms with Crippen molar-refractivity contribution in [3.8, 4) is 0 Å². The fourth-order valence-electron chi connectivity index (χ4n) is 2.06. The Kier molecular flexibility index (Phi) is 3.90. The summed E-state index contributed by atoms with van der Waals surface area (Å²) in [6.07, 6.45) is 0.152. The van der Waals surface area contributed by atoms with E-state index in [-0.39, 0.29) is 5.91 Å². The van der Waals surface area contributed by atoms with Gasteiger partial charge in [-0.05, 0) is 44.0 Å². The number of fused-ring (bicyclic) bond motifs is 1. The first-order valence-electron chi connectivity index (χ1n) is 6.58. The molecule has 0 fully saturated rings. The van der Waals surface area contributed by atoms with Gasteiger partial charge in [0.25, 0.3) is 5.91 Å². The second kappa shape index (κ2) is 5.45. The summed E-state index contributed by atoms with van der Waals surface area (Å²) in [4.78, 5) is 15.3. The molecule has 0 saturated carbocycles. The summed E-state index contributed by atoms with van der Waals surface area (Å²) >= 11 is 0. The SMILES string of the molecule is CCC(O)CNC(=O)c1ccc2[nH]c(C)c(C)c2c1. The number of aryl methyl sites for hydroxylation is 2. The topological polar surface area (TPSA) is 65.1 Å². The fraction of sp³-hybridized carbons (Fsp3) is 0.400. The Morgan fingerprint density at radius 3 is 2.84 bits per heavy atom. The minimum atomic E-state index is -0.482. The molecule has 102 valence electrons. The van der Waals surface area contributed by atoms with E-state index in [0.717, 1.165) is 16.6 Å². The van der Waals surface area contributed by atoms with Crippen LogP contribution in [0.25, 0.3) is 10.9 Å². The van der Waals surface area contributed by atoms with Crippen molar-refractivity contribution < 1.29 is 9.90 Å². The van der Waals surface area contributed by atoms with E-state index in [9.17, 15) is 9.90 Å². The van der Waals surface area contributed by atoms with E-state index in [4.69, 9.17) is 0 Å². The second-order valence-corrected chi connectivity index (χ2v) is 4.91. The van der Waals surface area contributed by atoms with Crippen molar-refractivity contribution in [3.63, 3.8) is 0 Å². The molecule has 0 bridgehead atoms. The van der Waals surface area contributed by atoms with Gasteiger partial charge in [0.05, 0.1) is 6.10 Å². The van der Waals surface area contributed by atoms with Gasteiger partial charge in [0.2, 0.25) is 0 Å². The van der Waals surface area contributed by atoms with E-state index in [1.165, 1.54) is 5.56 Å². The molecule has 1 amide bonds. The maximum Gasteiger partial charge on any atom is 0.251 e. The number of aromatic nitrogens is 1. The largest absolute Gasteiger partial charge is 0.391 e. The third-order valence-corrected chi connectivity index (χ3v) is 3.54. The average Bonchev–Trinajstić information content (AvgIpc) is 2.70. The van der Waals surface area contributed by atoms with Crippen molar-refractivity contribution in [3.05, 3.63) is 35.0 Å². The lowest BCUT2D eigenvalue weighted by molar-refractivity contribution is 0.0914. The number of amides is 1. The quantitative estimate of drug-likeness (QED) is 0.789. The number of carbonyl (C=O) groups is 1. The highest BCUT2D eigenvalue weighted by atomic mass is 16.3. The Balaban J connectivity index is 2.20. The molecule has 4 nitrogen and oxygen atoms in total. The molecule has 0 aliphatic rings. The molecule has 1 atom stereocenters. The van der Waals surface area contributed by atoms with Gasteiger partial charge in [0, 0.05) is 28.7 Å². The number of benzene rings is 1. The van der Waals surface area contributed by atoms with Crippen LogP contribution < -0.4 is 5.32 Å². The van der Waals surface area contributed by atoms with Crippen LogP contribution in [0, 0.1) is 13.8 Å². The van der Waals surface area contributed by atoms with Gasteiger partial charge in [-0.25, -0.2) is 0 Å². The summed E-state index contributed by atoms with van der Waals surface area (Å²) in [5, 5.41) is 13.3. The average molecular weight is 260 g/mol. The number of aliphatic hydroxyl groups is 1. The normalized spacial score (nSPS) is 12.6. The minimum Gasteiger partial charge on any atom is -0.391 e. The molecule has 1 aromatic carbocycles. The van der Waals surface area contributed by atoms with Gasteiger partial charge >= 0.3 is 0 Å². The second-order valence-electron chi connectivity index (χ2n) is 4.91. The van der Waals surface area contributed by atoms with E-state index in [1.807, 2.05) is 32.9 Å². The highest BCUT2D eigenvalue weighted by Gasteiger charge is 2.10. The van der Waals surface area contributed by atoms with Crippen molar-refractivity contribution in [2.75, 3.05) is 6.54 Å². The van der Waals surface area contributed by atoms with Crippen molar-refractivity contribution in [2.45, 2.75) is 33.3 Å². The zero-order valence-electron chi connectivity index (χ0n) is 11.6. The maximum absolute atomic E-state index is 12.0. The van der Waals surface area contributed by atoms with Crippen LogP contribution in [0.4, 0.5) is 0 Å². The number of hydrogen-bond acceptors (Lipinski definition) is 2. The summed E-state index contributed by atoms with van der Waals surface area (Å²) in [6.45, 7) is 6.23. The molecule has 3 N–H and O–H groups in total. The van der Waals surface area contributed by atoms with Gasteiger partial charge in [0.1, 0.15) is 0 Å². The maximum atomic E-state index is 12.0. The molecular weight excluding hydrogens is 240 g/mol. The summed E-state index contributed by atoms with van der Waals surface area (Å²) in [5.41, 5.74) is 3.95. The monoisotopic (exact) mass is 260 g/mol. The van der Waals surface area contributed by atoms with Crippen LogP contribution in [-0.4, -0.2) is 28.6 Å². The van der Waals surface area contributed by atoms with E-state index >= 15 is 0 Å². The summed E-state index contributed by atoms with van der Waals surface area (Å²) in [7, 11) is 0. The standard InChI is InChI=1S/C15H20N2O2/c1-4-12(18)8-16-15(19)11-5-6-14-13(7-11)9(2)10(3)17-14/h5-7,12,17-18H,4,8H2,1-3H3,(H,16,19). The van der Waals surface area contributed by atoms with Gasteiger partial charge in [-0.15, -0.1) is 0 Å². The van der Waals surface area contributed by atoms with Crippen LogP contribution in [-0.2, 0) is 0 Å². The molecule has 0 aliphatic heterocycles. The van der Waals surface area contributed by atoms with E-state index in [0.29, 0.717) is 18.5 Å². The number of rotatable bonds is 4. The van der Waals surface area contributed by atoms with Crippen molar-refractivity contribution >= 4 is 16.8 Å². The summed E-state index contributed by atoms with van der Waals surface area (Å²) in [6, 6.07) is 5.60. The number of aliphatic hydroxyl groups excluding tert-OH is 1. The predicted molar refractivity (Wildman–Crippen MR) is 76.4 cm³/mol. The Bertz CT molecular complexity index is 601. The Morgan fingerprint density at radius 2 is 2.16 bits per heavy atom. The van der Waals surface area contributed by atoms with Crippen LogP contribution in [0.1, 0.15) is 35.0 Å². The smallest absolute Gasteiger partial charge is 0.251 e. The van der Waals surface area contributed by atoms with Crippen LogP contribution in [0.3, 0.4) is 0 Å². The van der Waals surface area contributed by atoms with Gasteiger partial charge in [-0.2, -0.15) is 0 Å². The van der Waals surface area contributed by atoms with E-state index in [2.05, 4.69) is 10.3 Å². The molecule has 0 aliphatic carbocycles. The number of carbonyl (C=O) groups excluding carboxylic acids is 1. The molecule has 1 unspecified atom stereocenters. The van der Waals surface area contributed by atoms with Crippen molar-refractivity contribution in [1.29, 1.82) is 0 Å². The third-order valence-electron chi connectivity index (χ3n) is 3.54. The Labute approximate surface area is 112 Å².